The molecule has 4 rings (SSSR count). The number of nitrogens with zero attached hydrogens (tertiary/aromatic N) is 2. The first-order valence-corrected chi connectivity index (χ1v) is 12.0. The molecule has 2 aromatic carbocycles. The highest BCUT2D eigenvalue weighted by Crippen LogP contribution is 2.31. The summed E-state index contributed by atoms with van der Waals surface area (Å²) >= 11 is 3.46. The standard InChI is InChI=1S/C21H23BrN2O5S/c1-15-12-18(30(26,27)23-8-10-28-11-9-23)3-5-20(15)29-14-21(25)24-7-6-16-13-17(22)2-4-19(16)24/h2-5,12-13H,6-11,14H2,1H3. The number of amides is 1. The minimum absolute atomic E-state index is 0.105. The predicted molar refractivity (Wildman–Crippen MR) is 116 cm³/mol. The number of fused-ring (bicyclic) bond motifs is 1. The van der Waals surface area contributed by atoms with E-state index >= 15 is 0 Å². The van der Waals surface area contributed by atoms with Gasteiger partial charge < -0.3 is 14.4 Å². The minimum atomic E-state index is -3.56. The molecule has 160 valence electrons. The maximum atomic E-state index is 12.8. The van der Waals surface area contributed by atoms with Crippen molar-refractivity contribution in [3.8, 4) is 5.75 Å². The van der Waals surface area contributed by atoms with E-state index in [4.69, 9.17) is 9.47 Å². The summed E-state index contributed by atoms with van der Waals surface area (Å²) in [6.45, 7) is 3.80. The van der Waals surface area contributed by atoms with Crippen molar-refractivity contribution in [2.45, 2.75) is 18.2 Å². The fraction of sp³-hybridized carbons (Fsp3) is 0.381. The number of hydrogen-bond donors (Lipinski definition) is 0. The van der Waals surface area contributed by atoms with Crippen molar-refractivity contribution in [1.82, 2.24) is 4.31 Å². The minimum Gasteiger partial charge on any atom is -0.483 e. The maximum Gasteiger partial charge on any atom is 0.264 e. The Labute approximate surface area is 184 Å². The molecule has 30 heavy (non-hydrogen) atoms. The quantitative estimate of drug-likeness (QED) is 0.638. The molecule has 2 aliphatic rings. The summed E-state index contributed by atoms with van der Waals surface area (Å²) in [6.07, 6.45) is 0.813. The van der Waals surface area contributed by atoms with E-state index in [0.717, 1.165) is 22.1 Å². The van der Waals surface area contributed by atoms with Gasteiger partial charge >= 0.3 is 0 Å². The monoisotopic (exact) mass is 494 g/mol. The number of aryl methyl sites for hydroxylation is 1. The van der Waals surface area contributed by atoms with Crippen LogP contribution in [-0.2, 0) is 26.0 Å². The smallest absolute Gasteiger partial charge is 0.264 e. The van der Waals surface area contributed by atoms with Crippen LogP contribution in [0.3, 0.4) is 0 Å². The van der Waals surface area contributed by atoms with Crippen molar-refractivity contribution in [2.24, 2.45) is 0 Å². The Bertz CT molecular complexity index is 1070. The van der Waals surface area contributed by atoms with E-state index in [2.05, 4.69) is 15.9 Å². The zero-order chi connectivity index (χ0) is 21.3. The van der Waals surface area contributed by atoms with Gasteiger partial charge in [0.05, 0.1) is 18.1 Å². The molecule has 2 aliphatic heterocycles. The number of hydrogen-bond acceptors (Lipinski definition) is 5. The molecule has 1 amide bonds. The number of benzene rings is 2. The molecule has 0 bridgehead atoms. The van der Waals surface area contributed by atoms with Crippen LogP contribution < -0.4 is 9.64 Å². The molecular formula is C21H23BrN2O5S. The lowest BCUT2D eigenvalue weighted by atomic mass is 10.2. The molecule has 0 saturated carbocycles. The van der Waals surface area contributed by atoms with E-state index in [1.807, 2.05) is 18.2 Å². The second kappa shape index (κ2) is 8.66. The molecule has 0 aliphatic carbocycles. The van der Waals surface area contributed by atoms with Gasteiger partial charge in [0, 0.05) is 29.8 Å². The third kappa shape index (κ3) is 4.25. The Kier molecular flexibility index (Phi) is 6.15. The van der Waals surface area contributed by atoms with Gasteiger partial charge in [0.2, 0.25) is 10.0 Å². The summed E-state index contributed by atoms with van der Waals surface area (Å²) in [5.41, 5.74) is 2.71. The fourth-order valence-electron chi connectivity index (χ4n) is 3.73. The summed E-state index contributed by atoms with van der Waals surface area (Å²) in [5, 5.41) is 0. The summed E-state index contributed by atoms with van der Waals surface area (Å²) < 4.78 is 39.0. The van der Waals surface area contributed by atoms with Gasteiger partial charge in [0.15, 0.2) is 6.61 Å². The van der Waals surface area contributed by atoms with Gasteiger partial charge in [0.1, 0.15) is 5.75 Å². The zero-order valence-corrected chi connectivity index (χ0v) is 19.0. The van der Waals surface area contributed by atoms with Crippen LogP contribution in [0.2, 0.25) is 0 Å². The normalized spacial score (nSPS) is 17.1. The average molecular weight is 495 g/mol. The van der Waals surface area contributed by atoms with Gasteiger partial charge in [0.25, 0.3) is 5.91 Å². The van der Waals surface area contributed by atoms with Gasteiger partial charge in [-0.05, 0) is 60.9 Å². The molecule has 0 unspecified atom stereocenters. The van der Waals surface area contributed by atoms with E-state index in [1.54, 1.807) is 24.0 Å². The second-order valence-corrected chi connectivity index (χ2v) is 10.2. The second-order valence-electron chi connectivity index (χ2n) is 7.30. The van der Waals surface area contributed by atoms with Crippen molar-refractivity contribution in [3.05, 3.63) is 52.0 Å². The number of ether oxygens (including phenoxy) is 2. The van der Waals surface area contributed by atoms with Gasteiger partial charge in [-0.15, -0.1) is 0 Å². The molecule has 2 aromatic rings. The van der Waals surface area contributed by atoms with E-state index in [1.165, 1.54) is 10.4 Å². The number of morpholine rings is 1. The van der Waals surface area contributed by atoms with Crippen LogP contribution in [0.4, 0.5) is 5.69 Å². The molecule has 0 radical (unpaired) electrons. The van der Waals surface area contributed by atoms with Gasteiger partial charge in [-0.1, -0.05) is 15.9 Å². The van der Waals surface area contributed by atoms with Crippen LogP contribution in [0.5, 0.6) is 5.75 Å². The third-order valence-corrected chi connectivity index (χ3v) is 7.73. The predicted octanol–water partition coefficient (Wildman–Crippen LogP) is 2.75. The summed E-state index contributed by atoms with van der Waals surface area (Å²) in [5.74, 6) is 0.375. The topological polar surface area (TPSA) is 76.1 Å². The summed E-state index contributed by atoms with van der Waals surface area (Å²) in [6, 6.07) is 10.6. The van der Waals surface area contributed by atoms with Gasteiger partial charge in [-0.2, -0.15) is 4.31 Å². The van der Waals surface area contributed by atoms with Crippen molar-refractivity contribution in [3.63, 3.8) is 0 Å². The molecule has 1 fully saturated rings. The first-order valence-electron chi connectivity index (χ1n) is 9.76. The van der Waals surface area contributed by atoms with E-state index < -0.39 is 10.0 Å². The number of carbonyl (C=O) groups excluding carboxylic acids is 1. The third-order valence-electron chi connectivity index (χ3n) is 5.34. The lowest BCUT2D eigenvalue weighted by molar-refractivity contribution is -0.120. The SMILES string of the molecule is Cc1cc(S(=O)(=O)N2CCOCC2)ccc1OCC(=O)N1CCc2cc(Br)ccc21. The Balaban J connectivity index is 1.43. The fourth-order valence-corrected chi connectivity index (χ4v) is 5.63. The lowest BCUT2D eigenvalue weighted by Crippen LogP contribution is -2.40. The number of sulfonamides is 1. The molecule has 2 heterocycles. The molecule has 0 spiro atoms. The summed E-state index contributed by atoms with van der Waals surface area (Å²) in [7, 11) is -3.56. The molecule has 1 saturated heterocycles. The van der Waals surface area contributed by atoms with Crippen LogP contribution >= 0.6 is 15.9 Å². The molecule has 0 atom stereocenters. The Morgan fingerprint density at radius 2 is 1.90 bits per heavy atom. The highest BCUT2D eigenvalue weighted by Gasteiger charge is 2.27. The Morgan fingerprint density at radius 3 is 2.63 bits per heavy atom. The molecule has 9 heteroatoms. The molecule has 0 aromatic heterocycles. The van der Waals surface area contributed by atoms with E-state index in [0.29, 0.717) is 44.2 Å². The first-order chi connectivity index (χ1) is 14.4. The van der Waals surface area contributed by atoms with Crippen LogP contribution in [0, 0.1) is 6.92 Å². The van der Waals surface area contributed by atoms with Crippen molar-refractivity contribution >= 4 is 37.5 Å². The van der Waals surface area contributed by atoms with Gasteiger partial charge in [-0.25, -0.2) is 8.42 Å². The first kappa shape index (κ1) is 21.3. The molecular weight excluding hydrogens is 472 g/mol. The lowest BCUT2D eigenvalue weighted by Gasteiger charge is -2.26. The highest BCUT2D eigenvalue weighted by molar-refractivity contribution is 9.10. The van der Waals surface area contributed by atoms with E-state index in [9.17, 15) is 13.2 Å². The van der Waals surface area contributed by atoms with E-state index in [-0.39, 0.29) is 17.4 Å². The number of carbonyl (C=O) groups is 1. The Hall–Kier alpha value is -1.94. The van der Waals surface area contributed by atoms with Crippen LogP contribution in [0.1, 0.15) is 11.1 Å². The van der Waals surface area contributed by atoms with Crippen molar-refractivity contribution in [1.29, 1.82) is 0 Å². The zero-order valence-electron chi connectivity index (χ0n) is 16.6. The van der Waals surface area contributed by atoms with Crippen molar-refractivity contribution < 1.29 is 22.7 Å². The molecule has 7 nitrogen and oxygen atoms in total. The summed E-state index contributed by atoms with van der Waals surface area (Å²) in [4.78, 5) is 14.6. The maximum absolute atomic E-state index is 12.8. The number of halogens is 1. The van der Waals surface area contributed by atoms with Gasteiger partial charge in [-0.3, -0.25) is 4.79 Å². The largest absolute Gasteiger partial charge is 0.483 e. The van der Waals surface area contributed by atoms with Crippen LogP contribution in [0.25, 0.3) is 0 Å². The Morgan fingerprint density at radius 1 is 1.13 bits per heavy atom. The van der Waals surface area contributed by atoms with Crippen LogP contribution in [-0.4, -0.2) is 58.1 Å². The number of anilines is 1. The molecule has 0 N–H and O–H groups in total. The highest BCUT2D eigenvalue weighted by atomic mass is 79.9. The number of rotatable bonds is 5. The van der Waals surface area contributed by atoms with Crippen molar-refractivity contribution in [2.75, 3.05) is 44.4 Å². The average Bonchev–Trinajstić information content (AvgIpc) is 3.16. The van der Waals surface area contributed by atoms with Crippen LogP contribution in [0.15, 0.2) is 45.8 Å².